The molecule has 1 unspecified atom stereocenters. The lowest BCUT2D eigenvalue weighted by molar-refractivity contribution is 0.0362. The molecule has 5 heteroatoms. The molecule has 0 aliphatic carbocycles. The fourth-order valence-electron chi connectivity index (χ4n) is 1.59. The molecule has 0 amide bonds. The van der Waals surface area contributed by atoms with Gasteiger partial charge in [-0.25, -0.2) is 4.98 Å². The Bertz CT molecular complexity index is 262. The van der Waals surface area contributed by atoms with Gasteiger partial charge in [-0.15, -0.1) is 0 Å². The van der Waals surface area contributed by atoms with E-state index in [1.807, 2.05) is 0 Å². The molecule has 1 aromatic rings. The monoisotopic (exact) mass is 212 g/mol. The van der Waals surface area contributed by atoms with Gasteiger partial charge in [0.1, 0.15) is 12.2 Å². The van der Waals surface area contributed by atoms with Gasteiger partial charge in [-0.05, 0) is 6.42 Å². The van der Waals surface area contributed by atoms with Crippen LogP contribution in [0.3, 0.4) is 0 Å². The second kappa shape index (κ2) is 5.82. The highest BCUT2D eigenvalue weighted by Crippen LogP contribution is 2.17. The molecule has 0 saturated heterocycles. The lowest BCUT2D eigenvalue weighted by atomic mass is 9.92. The van der Waals surface area contributed by atoms with Crippen molar-refractivity contribution in [3.8, 4) is 0 Å². The normalized spacial score (nSPS) is 15.1. The van der Waals surface area contributed by atoms with Gasteiger partial charge in [0.15, 0.2) is 0 Å². The van der Waals surface area contributed by atoms with Gasteiger partial charge in [-0.3, -0.25) is 5.10 Å². The molecule has 1 rings (SSSR count). The minimum Gasteiger partial charge on any atom is -0.388 e. The van der Waals surface area contributed by atoms with Crippen LogP contribution in [0.5, 0.6) is 0 Å². The Labute approximate surface area is 90.1 Å². The van der Waals surface area contributed by atoms with Crippen LogP contribution in [0.15, 0.2) is 6.33 Å². The zero-order valence-electron chi connectivity index (χ0n) is 9.24. The molecule has 0 aliphatic rings. The molecule has 15 heavy (non-hydrogen) atoms. The van der Waals surface area contributed by atoms with Crippen LogP contribution in [0.4, 0.5) is 0 Å². The number of nitrogens with one attached hydrogen (secondary N) is 1. The Morgan fingerprint density at radius 2 is 2.33 bits per heavy atom. The minimum absolute atomic E-state index is 0.261. The van der Waals surface area contributed by atoms with E-state index in [1.165, 1.54) is 6.33 Å². The summed E-state index contributed by atoms with van der Waals surface area (Å²) in [5, 5.41) is 16.7. The zero-order valence-corrected chi connectivity index (χ0v) is 9.24. The Balaban J connectivity index is 2.44. The van der Waals surface area contributed by atoms with Crippen LogP contribution in [0.25, 0.3) is 0 Å². The third-order valence-electron chi connectivity index (χ3n) is 2.59. The smallest absolute Gasteiger partial charge is 0.137 e. The third kappa shape index (κ3) is 3.97. The molecular formula is C10H20N4O. The summed E-state index contributed by atoms with van der Waals surface area (Å²) < 4.78 is 0. The molecule has 0 spiro atoms. The van der Waals surface area contributed by atoms with Crippen molar-refractivity contribution in [3.63, 3.8) is 0 Å². The fraction of sp³-hybridized carbons (Fsp3) is 0.800. The third-order valence-corrected chi connectivity index (χ3v) is 2.59. The van der Waals surface area contributed by atoms with E-state index < -0.39 is 5.60 Å². The maximum absolute atomic E-state index is 10.2. The van der Waals surface area contributed by atoms with Crippen molar-refractivity contribution in [2.45, 2.75) is 44.6 Å². The van der Waals surface area contributed by atoms with Crippen LogP contribution in [0.2, 0.25) is 0 Å². The van der Waals surface area contributed by atoms with Gasteiger partial charge in [0.25, 0.3) is 0 Å². The quantitative estimate of drug-likeness (QED) is 0.578. The van der Waals surface area contributed by atoms with Gasteiger partial charge < -0.3 is 10.8 Å². The second-order valence-corrected chi connectivity index (χ2v) is 3.99. The van der Waals surface area contributed by atoms with E-state index in [9.17, 15) is 5.11 Å². The summed E-state index contributed by atoms with van der Waals surface area (Å²) in [7, 11) is 0. The Hall–Kier alpha value is -0.940. The topological polar surface area (TPSA) is 87.8 Å². The number of hydrogen-bond acceptors (Lipinski definition) is 4. The van der Waals surface area contributed by atoms with Crippen LogP contribution in [-0.2, 0) is 6.42 Å². The van der Waals surface area contributed by atoms with Crippen LogP contribution in [-0.4, -0.2) is 32.4 Å². The maximum Gasteiger partial charge on any atom is 0.137 e. The van der Waals surface area contributed by atoms with Crippen molar-refractivity contribution in [2.75, 3.05) is 6.54 Å². The van der Waals surface area contributed by atoms with Gasteiger partial charge in [0.2, 0.25) is 0 Å². The highest BCUT2D eigenvalue weighted by Gasteiger charge is 2.26. The van der Waals surface area contributed by atoms with Gasteiger partial charge in [0.05, 0.1) is 5.60 Å². The lowest BCUT2D eigenvalue weighted by Crippen LogP contribution is -2.40. The average Bonchev–Trinajstić information content (AvgIpc) is 2.71. The molecule has 0 aromatic carbocycles. The highest BCUT2D eigenvalue weighted by atomic mass is 16.3. The molecular weight excluding hydrogens is 192 g/mol. The van der Waals surface area contributed by atoms with E-state index in [0.29, 0.717) is 12.2 Å². The first-order chi connectivity index (χ1) is 7.20. The molecule has 0 bridgehead atoms. The Kier molecular flexibility index (Phi) is 4.71. The van der Waals surface area contributed by atoms with Crippen molar-refractivity contribution < 1.29 is 5.11 Å². The SMILES string of the molecule is CCCCCC(O)(CN)Cc1ncn[nH]1. The van der Waals surface area contributed by atoms with Crippen molar-refractivity contribution in [1.29, 1.82) is 0 Å². The summed E-state index contributed by atoms with van der Waals surface area (Å²) in [6.45, 7) is 2.40. The van der Waals surface area contributed by atoms with Gasteiger partial charge in [-0.2, -0.15) is 5.10 Å². The molecule has 5 nitrogen and oxygen atoms in total. The highest BCUT2D eigenvalue weighted by molar-refractivity contribution is 4.93. The average molecular weight is 212 g/mol. The zero-order chi connectivity index (χ0) is 11.1. The molecule has 1 heterocycles. The summed E-state index contributed by atoms with van der Waals surface area (Å²) in [6.07, 6.45) is 5.88. The first-order valence-corrected chi connectivity index (χ1v) is 5.47. The lowest BCUT2D eigenvalue weighted by Gasteiger charge is -2.25. The van der Waals surface area contributed by atoms with Crippen molar-refractivity contribution in [3.05, 3.63) is 12.2 Å². The number of aromatic amines is 1. The molecule has 0 aliphatic heterocycles. The van der Waals surface area contributed by atoms with Crippen LogP contribution < -0.4 is 5.73 Å². The van der Waals surface area contributed by atoms with Gasteiger partial charge in [-0.1, -0.05) is 26.2 Å². The van der Waals surface area contributed by atoms with Crippen LogP contribution in [0, 0.1) is 0 Å². The summed E-state index contributed by atoms with van der Waals surface area (Å²) in [6, 6.07) is 0. The van der Waals surface area contributed by atoms with Crippen LogP contribution >= 0.6 is 0 Å². The van der Waals surface area contributed by atoms with Crippen molar-refractivity contribution in [2.24, 2.45) is 5.73 Å². The number of nitrogens with two attached hydrogens (primary N) is 1. The first kappa shape index (κ1) is 12.1. The molecule has 1 atom stereocenters. The molecule has 0 fully saturated rings. The Morgan fingerprint density at radius 1 is 1.53 bits per heavy atom. The summed E-state index contributed by atoms with van der Waals surface area (Å²) in [5.41, 5.74) is 4.76. The Morgan fingerprint density at radius 3 is 2.87 bits per heavy atom. The van der Waals surface area contributed by atoms with E-state index in [1.54, 1.807) is 0 Å². The molecule has 0 radical (unpaired) electrons. The molecule has 86 valence electrons. The number of aromatic nitrogens is 3. The predicted molar refractivity (Wildman–Crippen MR) is 58.2 cm³/mol. The van der Waals surface area contributed by atoms with E-state index in [4.69, 9.17) is 5.73 Å². The van der Waals surface area contributed by atoms with E-state index in [0.717, 1.165) is 25.7 Å². The molecule has 1 aromatic heterocycles. The maximum atomic E-state index is 10.2. The summed E-state index contributed by atoms with van der Waals surface area (Å²) >= 11 is 0. The van der Waals surface area contributed by atoms with Crippen molar-refractivity contribution in [1.82, 2.24) is 15.2 Å². The number of unbranched alkanes of at least 4 members (excludes halogenated alkanes) is 2. The number of rotatable bonds is 7. The minimum atomic E-state index is -0.839. The second-order valence-electron chi connectivity index (χ2n) is 3.99. The number of H-pyrrole nitrogens is 1. The fourth-order valence-corrected chi connectivity index (χ4v) is 1.59. The number of aliphatic hydroxyl groups is 1. The van der Waals surface area contributed by atoms with Crippen molar-refractivity contribution >= 4 is 0 Å². The summed E-state index contributed by atoms with van der Waals surface area (Å²) in [4.78, 5) is 4.00. The van der Waals surface area contributed by atoms with Gasteiger partial charge >= 0.3 is 0 Å². The number of nitrogens with zero attached hydrogens (tertiary/aromatic N) is 2. The molecule has 0 saturated carbocycles. The largest absolute Gasteiger partial charge is 0.388 e. The first-order valence-electron chi connectivity index (χ1n) is 5.47. The van der Waals surface area contributed by atoms with E-state index in [-0.39, 0.29) is 6.54 Å². The van der Waals surface area contributed by atoms with Gasteiger partial charge in [0, 0.05) is 13.0 Å². The van der Waals surface area contributed by atoms with E-state index in [2.05, 4.69) is 22.1 Å². The molecule has 4 N–H and O–H groups in total. The standard InChI is InChI=1S/C10H20N4O/c1-2-3-4-5-10(15,7-11)6-9-12-8-13-14-9/h8,15H,2-7,11H2,1H3,(H,12,13,14). The van der Waals surface area contributed by atoms with E-state index >= 15 is 0 Å². The summed E-state index contributed by atoms with van der Waals surface area (Å²) in [5.74, 6) is 0.694. The van der Waals surface area contributed by atoms with Crippen LogP contribution in [0.1, 0.15) is 38.4 Å². The predicted octanol–water partition coefficient (Wildman–Crippen LogP) is 0.617. The number of hydrogen-bond donors (Lipinski definition) is 3.